The highest BCUT2D eigenvalue weighted by Gasteiger charge is 1.93. The van der Waals surface area contributed by atoms with Crippen molar-refractivity contribution in [2.24, 2.45) is 0 Å². The summed E-state index contributed by atoms with van der Waals surface area (Å²) in [4.78, 5) is 10.4. The Labute approximate surface area is 65.7 Å². The number of rotatable bonds is 6. The van der Waals surface area contributed by atoms with Crippen LogP contribution in [-0.2, 0) is 19.0 Å². The standard InChI is InChI=1S/C7H12O4/c1-3-7(8)11-5-4-10-6-9-2/h3H,1,4-6H2,2H3. The van der Waals surface area contributed by atoms with Gasteiger partial charge in [0.2, 0.25) is 0 Å². The molecule has 0 fully saturated rings. The molecular weight excluding hydrogens is 148 g/mol. The highest BCUT2D eigenvalue weighted by atomic mass is 16.7. The fourth-order valence-electron chi connectivity index (χ4n) is 0.402. The predicted molar refractivity (Wildman–Crippen MR) is 39.0 cm³/mol. The molecule has 0 bridgehead atoms. The van der Waals surface area contributed by atoms with Gasteiger partial charge in [-0.05, 0) is 0 Å². The van der Waals surface area contributed by atoms with Gasteiger partial charge >= 0.3 is 5.97 Å². The highest BCUT2D eigenvalue weighted by Crippen LogP contribution is 1.80. The Bertz CT molecular complexity index is 122. The SMILES string of the molecule is C=CC(=O)OCCOCOC. The van der Waals surface area contributed by atoms with Crippen molar-refractivity contribution in [3.8, 4) is 0 Å². The number of methoxy groups -OCH3 is 1. The summed E-state index contributed by atoms with van der Waals surface area (Å²) in [6.45, 7) is 4.02. The maximum atomic E-state index is 10.4. The molecule has 0 saturated carbocycles. The van der Waals surface area contributed by atoms with E-state index in [4.69, 9.17) is 4.74 Å². The molecule has 0 unspecified atom stereocenters. The Balaban J connectivity index is 3.01. The van der Waals surface area contributed by atoms with E-state index in [9.17, 15) is 4.79 Å². The van der Waals surface area contributed by atoms with E-state index >= 15 is 0 Å². The number of hydrogen-bond acceptors (Lipinski definition) is 4. The molecule has 64 valence electrons. The molecule has 0 atom stereocenters. The smallest absolute Gasteiger partial charge is 0.330 e. The fraction of sp³-hybridized carbons (Fsp3) is 0.571. The first-order valence-electron chi connectivity index (χ1n) is 3.17. The summed E-state index contributed by atoms with van der Waals surface area (Å²) in [5.74, 6) is -0.439. The van der Waals surface area contributed by atoms with Crippen LogP contribution in [0.4, 0.5) is 0 Å². The number of hydrogen-bond donors (Lipinski definition) is 0. The van der Waals surface area contributed by atoms with Gasteiger partial charge in [-0.3, -0.25) is 0 Å². The van der Waals surface area contributed by atoms with Crippen LogP contribution in [0.3, 0.4) is 0 Å². The van der Waals surface area contributed by atoms with E-state index in [2.05, 4.69) is 16.1 Å². The molecule has 0 aliphatic rings. The van der Waals surface area contributed by atoms with Gasteiger partial charge < -0.3 is 14.2 Å². The van der Waals surface area contributed by atoms with E-state index in [1.54, 1.807) is 0 Å². The van der Waals surface area contributed by atoms with Crippen LogP contribution in [0.5, 0.6) is 0 Å². The average Bonchev–Trinajstić information content (AvgIpc) is 2.04. The third-order valence-corrected chi connectivity index (χ3v) is 0.840. The van der Waals surface area contributed by atoms with Crippen molar-refractivity contribution < 1.29 is 19.0 Å². The van der Waals surface area contributed by atoms with Crippen molar-refractivity contribution in [2.75, 3.05) is 27.1 Å². The van der Waals surface area contributed by atoms with E-state index < -0.39 is 5.97 Å². The minimum absolute atomic E-state index is 0.214. The van der Waals surface area contributed by atoms with Crippen LogP contribution in [0.15, 0.2) is 12.7 Å². The normalized spacial score (nSPS) is 9.18. The van der Waals surface area contributed by atoms with Crippen molar-refractivity contribution in [3.63, 3.8) is 0 Å². The second-order valence-electron chi connectivity index (χ2n) is 1.69. The number of esters is 1. The molecule has 11 heavy (non-hydrogen) atoms. The van der Waals surface area contributed by atoms with Crippen LogP contribution in [0.1, 0.15) is 0 Å². The quantitative estimate of drug-likeness (QED) is 0.243. The van der Waals surface area contributed by atoms with E-state index in [0.29, 0.717) is 6.61 Å². The second-order valence-corrected chi connectivity index (χ2v) is 1.69. The van der Waals surface area contributed by atoms with Gasteiger partial charge in [0.05, 0.1) is 6.61 Å². The molecular formula is C7H12O4. The minimum atomic E-state index is -0.439. The lowest BCUT2D eigenvalue weighted by Gasteiger charge is -2.02. The lowest BCUT2D eigenvalue weighted by atomic mass is 10.6. The molecule has 0 aromatic heterocycles. The summed E-state index contributed by atoms with van der Waals surface area (Å²) in [6.07, 6.45) is 1.11. The Hall–Kier alpha value is -0.870. The molecule has 4 heteroatoms. The fourth-order valence-corrected chi connectivity index (χ4v) is 0.402. The van der Waals surface area contributed by atoms with Crippen LogP contribution >= 0.6 is 0 Å². The molecule has 4 nitrogen and oxygen atoms in total. The van der Waals surface area contributed by atoms with Crippen LogP contribution in [0.2, 0.25) is 0 Å². The first kappa shape index (κ1) is 10.1. The van der Waals surface area contributed by atoms with Gasteiger partial charge in [-0.15, -0.1) is 0 Å². The molecule has 0 aromatic rings. The van der Waals surface area contributed by atoms with Crippen molar-refractivity contribution in [3.05, 3.63) is 12.7 Å². The van der Waals surface area contributed by atoms with Gasteiger partial charge in [-0.1, -0.05) is 6.58 Å². The number of carbonyl (C=O) groups is 1. The summed E-state index contributed by atoms with van der Waals surface area (Å²) in [7, 11) is 1.52. The van der Waals surface area contributed by atoms with Crippen LogP contribution in [0, 0.1) is 0 Å². The summed E-state index contributed by atoms with van der Waals surface area (Å²) < 4.78 is 14.0. The number of carbonyl (C=O) groups excluding carboxylic acids is 1. The van der Waals surface area contributed by atoms with E-state index in [0.717, 1.165) is 6.08 Å². The topological polar surface area (TPSA) is 44.8 Å². The van der Waals surface area contributed by atoms with Gasteiger partial charge in [0.25, 0.3) is 0 Å². The Morgan fingerprint density at radius 2 is 2.27 bits per heavy atom. The van der Waals surface area contributed by atoms with Gasteiger partial charge in [0, 0.05) is 13.2 Å². The van der Waals surface area contributed by atoms with Crippen molar-refractivity contribution in [1.29, 1.82) is 0 Å². The van der Waals surface area contributed by atoms with Gasteiger partial charge in [0.1, 0.15) is 13.4 Å². The zero-order valence-electron chi connectivity index (χ0n) is 6.54. The summed E-state index contributed by atoms with van der Waals surface area (Å²) >= 11 is 0. The molecule has 0 N–H and O–H groups in total. The third kappa shape index (κ3) is 7.02. The van der Waals surface area contributed by atoms with Crippen molar-refractivity contribution in [2.45, 2.75) is 0 Å². The molecule has 0 rings (SSSR count). The maximum Gasteiger partial charge on any atom is 0.330 e. The lowest BCUT2D eigenvalue weighted by molar-refractivity contribution is -0.140. The molecule has 0 radical (unpaired) electrons. The zero-order valence-corrected chi connectivity index (χ0v) is 6.54. The largest absolute Gasteiger partial charge is 0.460 e. The van der Waals surface area contributed by atoms with Crippen molar-refractivity contribution in [1.82, 2.24) is 0 Å². The maximum absolute atomic E-state index is 10.4. The van der Waals surface area contributed by atoms with Crippen LogP contribution in [0.25, 0.3) is 0 Å². The molecule has 0 aromatic carbocycles. The van der Waals surface area contributed by atoms with E-state index in [1.807, 2.05) is 0 Å². The lowest BCUT2D eigenvalue weighted by Crippen LogP contribution is -2.09. The molecule has 0 spiro atoms. The van der Waals surface area contributed by atoms with Gasteiger partial charge in [0.15, 0.2) is 0 Å². The van der Waals surface area contributed by atoms with E-state index in [-0.39, 0.29) is 13.4 Å². The number of ether oxygens (including phenoxy) is 3. The first-order chi connectivity index (χ1) is 5.31. The highest BCUT2D eigenvalue weighted by molar-refractivity contribution is 5.81. The van der Waals surface area contributed by atoms with Crippen LogP contribution < -0.4 is 0 Å². The first-order valence-corrected chi connectivity index (χ1v) is 3.17. The average molecular weight is 160 g/mol. The minimum Gasteiger partial charge on any atom is -0.460 e. The van der Waals surface area contributed by atoms with E-state index in [1.165, 1.54) is 7.11 Å². The Kier molecular flexibility index (Phi) is 6.67. The molecule has 0 saturated heterocycles. The van der Waals surface area contributed by atoms with Gasteiger partial charge in [-0.25, -0.2) is 4.79 Å². The summed E-state index contributed by atoms with van der Waals surface area (Å²) in [6, 6.07) is 0. The monoisotopic (exact) mass is 160 g/mol. The molecule has 0 aliphatic carbocycles. The Morgan fingerprint density at radius 1 is 1.55 bits per heavy atom. The second kappa shape index (κ2) is 7.24. The molecule has 0 heterocycles. The van der Waals surface area contributed by atoms with Crippen LogP contribution in [-0.4, -0.2) is 33.1 Å². The predicted octanol–water partition coefficient (Wildman–Crippen LogP) is 0.336. The summed E-state index contributed by atoms with van der Waals surface area (Å²) in [5, 5.41) is 0. The molecule has 0 amide bonds. The summed E-state index contributed by atoms with van der Waals surface area (Å²) in [5.41, 5.74) is 0. The Morgan fingerprint density at radius 3 is 2.82 bits per heavy atom. The van der Waals surface area contributed by atoms with Gasteiger partial charge in [-0.2, -0.15) is 0 Å². The zero-order chi connectivity index (χ0) is 8.53. The van der Waals surface area contributed by atoms with Crippen molar-refractivity contribution >= 4 is 5.97 Å². The third-order valence-electron chi connectivity index (χ3n) is 0.840. The molecule has 0 aliphatic heterocycles.